The van der Waals surface area contributed by atoms with Crippen molar-refractivity contribution < 1.29 is 29.7 Å². The molecule has 0 spiro atoms. The van der Waals surface area contributed by atoms with Crippen LogP contribution in [0.5, 0.6) is 11.5 Å². The first-order valence-electron chi connectivity index (χ1n) is 10.2. The Bertz CT molecular complexity index is 1250. The van der Waals surface area contributed by atoms with Crippen molar-refractivity contribution in [2.45, 2.75) is 13.1 Å². The minimum atomic E-state index is -0.0216. The Morgan fingerprint density at radius 3 is 1.29 bits per heavy atom. The van der Waals surface area contributed by atoms with Crippen molar-refractivity contribution in [2.75, 3.05) is 28.2 Å². The van der Waals surface area contributed by atoms with Gasteiger partial charge < -0.3 is 20.0 Å². The van der Waals surface area contributed by atoms with Crippen LogP contribution < -0.4 is 0 Å². The molecule has 2 aromatic heterocycles. The van der Waals surface area contributed by atoms with Gasteiger partial charge in [-0.15, -0.1) is 0 Å². The summed E-state index contributed by atoms with van der Waals surface area (Å²) in [6.07, 6.45) is 0. The number of hydrogen-bond acceptors (Lipinski definition) is 6. The molecule has 2 aromatic carbocycles. The summed E-state index contributed by atoms with van der Waals surface area (Å²) in [7, 11) is 7.82. The standard InChI is InChI=1S/2C12H12Cl2N2O.Zn/c2*1-16(2)6-7-3-4-8-9(13)5-10(14)12(17)11(8)15-7;/h2*3-5,17H,6H2,1-2H3;. The summed E-state index contributed by atoms with van der Waals surface area (Å²) in [4.78, 5) is 12.7. The summed E-state index contributed by atoms with van der Waals surface area (Å²) < 4.78 is 0. The zero-order chi connectivity index (χ0) is 25.2. The maximum absolute atomic E-state index is 9.87. The molecule has 2 heterocycles. The number of pyridine rings is 2. The first kappa shape index (κ1) is 29.8. The average molecular weight is 608 g/mol. The summed E-state index contributed by atoms with van der Waals surface area (Å²) in [6, 6.07) is 10.5. The topological polar surface area (TPSA) is 72.7 Å². The summed E-state index contributed by atoms with van der Waals surface area (Å²) >= 11 is 23.8. The molecule has 4 aromatic rings. The normalized spacial score (nSPS) is 11.0. The first-order valence-corrected chi connectivity index (χ1v) is 11.7. The van der Waals surface area contributed by atoms with Crippen LogP contribution in [-0.2, 0) is 32.6 Å². The van der Waals surface area contributed by atoms with Crippen molar-refractivity contribution in [1.29, 1.82) is 0 Å². The summed E-state index contributed by atoms with van der Waals surface area (Å²) in [5.41, 5.74) is 2.61. The van der Waals surface area contributed by atoms with E-state index < -0.39 is 0 Å². The van der Waals surface area contributed by atoms with Crippen LogP contribution in [0.1, 0.15) is 11.4 Å². The van der Waals surface area contributed by atoms with E-state index in [9.17, 15) is 10.2 Å². The molecule has 0 aliphatic heterocycles. The van der Waals surface area contributed by atoms with E-state index in [0.717, 1.165) is 11.4 Å². The number of phenols is 2. The molecule has 6 nitrogen and oxygen atoms in total. The van der Waals surface area contributed by atoms with Gasteiger partial charge >= 0.3 is 0 Å². The zero-order valence-electron chi connectivity index (χ0n) is 19.8. The minimum Gasteiger partial charge on any atom is -0.504 e. The van der Waals surface area contributed by atoms with Crippen LogP contribution >= 0.6 is 46.4 Å². The third-order valence-electron chi connectivity index (χ3n) is 4.78. The number of nitrogens with zero attached hydrogens (tertiary/aromatic N) is 4. The summed E-state index contributed by atoms with van der Waals surface area (Å²) in [5.74, 6) is -0.0432. The second kappa shape index (κ2) is 12.7. The first-order chi connectivity index (χ1) is 16.0. The molecule has 0 bridgehead atoms. The Kier molecular flexibility index (Phi) is 10.8. The Hall–Kier alpha value is -1.44. The van der Waals surface area contributed by atoms with Crippen LogP contribution in [0.3, 0.4) is 0 Å². The van der Waals surface area contributed by atoms with Gasteiger partial charge in [-0.2, -0.15) is 0 Å². The van der Waals surface area contributed by atoms with Gasteiger partial charge in [0.25, 0.3) is 0 Å². The SMILES string of the molecule is CN(C)Cc1ccc2c(Cl)cc(Cl)c(O)c2n1.CN(C)Cc1ccc2c(Cl)cc(Cl)c(O)c2n1.[Zn]. The molecular formula is C24H24Cl4N4O2Zn. The number of aromatic hydroxyl groups is 2. The van der Waals surface area contributed by atoms with E-state index in [2.05, 4.69) is 9.97 Å². The molecular weight excluding hydrogens is 583 g/mol. The molecule has 0 saturated carbocycles. The second-order valence-corrected chi connectivity index (χ2v) is 9.88. The van der Waals surface area contributed by atoms with Gasteiger partial charge in [0.15, 0.2) is 11.5 Å². The quantitative estimate of drug-likeness (QED) is 0.254. The molecule has 0 saturated heterocycles. The third-order valence-corrected chi connectivity index (χ3v) is 5.99. The van der Waals surface area contributed by atoms with Crippen LogP contribution in [0.25, 0.3) is 21.8 Å². The van der Waals surface area contributed by atoms with Crippen molar-refractivity contribution in [1.82, 2.24) is 19.8 Å². The van der Waals surface area contributed by atoms with E-state index in [-0.39, 0.29) is 41.0 Å². The summed E-state index contributed by atoms with van der Waals surface area (Å²) in [6.45, 7) is 1.39. The van der Waals surface area contributed by atoms with Crippen molar-refractivity contribution in [2.24, 2.45) is 0 Å². The fraction of sp³-hybridized carbons (Fsp3) is 0.250. The van der Waals surface area contributed by atoms with E-state index in [1.165, 1.54) is 12.1 Å². The Morgan fingerprint density at radius 2 is 0.971 bits per heavy atom. The van der Waals surface area contributed by atoms with Crippen LogP contribution in [0, 0.1) is 0 Å². The molecule has 0 amide bonds. The van der Waals surface area contributed by atoms with Crippen LogP contribution in [0.4, 0.5) is 0 Å². The van der Waals surface area contributed by atoms with Crippen LogP contribution in [-0.4, -0.2) is 58.2 Å². The van der Waals surface area contributed by atoms with Gasteiger partial charge in [-0.1, -0.05) is 46.4 Å². The van der Waals surface area contributed by atoms with Crippen LogP contribution in [0.2, 0.25) is 20.1 Å². The maximum atomic E-state index is 9.87. The van der Waals surface area contributed by atoms with Gasteiger partial charge in [-0.3, -0.25) is 0 Å². The number of rotatable bonds is 4. The molecule has 11 heteroatoms. The van der Waals surface area contributed by atoms with E-state index in [1.807, 2.05) is 62.3 Å². The van der Waals surface area contributed by atoms with Crippen molar-refractivity contribution in [3.05, 3.63) is 67.9 Å². The van der Waals surface area contributed by atoms with Gasteiger partial charge in [0.05, 0.1) is 31.5 Å². The third kappa shape index (κ3) is 7.30. The van der Waals surface area contributed by atoms with Gasteiger partial charge in [0, 0.05) is 43.3 Å². The molecule has 0 atom stereocenters. The largest absolute Gasteiger partial charge is 0.504 e. The second-order valence-electron chi connectivity index (χ2n) is 8.25. The Balaban J connectivity index is 0.000000240. The van der Waals surface area contributed by atoms with E-state index in [0.29, 0.717) is 44.9 Å². The van der Waals surface area contributed by atoms with Gasteiger partial charge in [0.2, 0.25) is 0 Å². The van der Waals surface area contributed by atoms with E-state index >= 15 is 0 Å². The number of hydrogen-bond donors (Lipinski definition) is 2. The molecule has 182 valence electrons. The van der Waals surface area contributed by atoms with Crippen LogP contribution in [0.15, 0.2) is 36.4 Å². The van der Waals surface area contributed by atoms with Gasteiger partial charge in [-0.25, -0.2) is 9.97 Å². The van der Waals surface area contributed by atoms with Gasteiger partial charge in [0.1, 0.15) is 11.0 Å². The van der Waals surface area contributed by atoms with Crippen molar-refractivity contribution >= 4 is 68.2 Å². The molecule has 0 aliphatic rings. The molecule has 35 heavy (non-hydrogen) atoms. The smallest absolute Gasteiger partial charge is 0.160 e. The molecule has 0 unspecified atom stereocenters. The summed E-state index contributed by atoms with van der Waals surface area (Å²) in [5, 5.41) is 22.6. The monoisotopic (exact) mass is 604 g/mol. The predicted molar refractivity (Wildman–Crippen MR) is 142 cm³/mol. The Labute approximate surface area is 237 Å². The number of phenolic OH excluding ortho intramolecular Hbond substituents is 2. The van der Waals surface area contributed by atoms with Crippen molar-refractivity contribution in [3.63, 3.8) is 0 Å². The minimum absolute atomic E-state index is 0. The van der Waals surface area contributed by atoms with E-state index in [1.54, 1.807) is 0 Å². The average Bonchev–Trinajstić information content (AvgIpc) is 2.75. The molecule has 0 fully saturated rings. The fourth-order valence-electron chi connectivity index (χ4n) is 3.31. The maximum Gasteiger partial charge on any atom is 0.160 e. The van der Waals surface area contributed by atoms with Crippen molar-refractivity contribution in [3.8, 4) is 11.5 Å². The number of fused-ring (bicyclic) bond motifs is 2. The molecule has 0 radical (unpaired) electrons. The molecule has 0 aliphatic carbocycles. The molecule has 4 rings (SSSR count). The van der Waals surface area contributed by atoms with Gasteiger partial charge in [-0.05, 0) is 64.6 Å². The number of aromatic nitrogens is 2. The fourth-order valence-corrected chi connectivity index (χ4v) is 4.34. The predicted octanol–water partition coefficient (Wildman–Crippen LogP) is 6.62. The van der Waals surface area contributed by atoms with E-state index in [4.69, 9.17) is 46.4 Å². The molecule has 2 N–H and O–H groups in total. The number of benzene rings is 2. The zero-order valence-corrected chi connectivity index (χ0v) is 25.8. The Morgan fingerprint density at radius 1 is 0.629 bits per heavy atom. The number of halogens is 4.